The molecule has 0 saturated heterocycles. The molecule has 0 saturated carbocycles. The van der Waals surface area contributed by atoms with Gasteiger partial charge in [-0.15, -0.1) is 0 Å². The van der Waals surface area contributed by atoms with Gasteiger partial charge in [-0.1, -0.05) is 24.6 Å². The van der Waals surface area contributed by atoms with E-state index < -0.39 is 0 Å². The highest BCUT2D eigenvalue weighted by atomic mass is 16.2. The SMILES string of the molecule is CCCNC(=O)c1nc(C(=O)NCCC2=CCCCC2)c2ccccn12. The minimum absolute atomic E-state index is 0.236. The Morgan fingerprint density at radius 3 is 2.77 bits per heavy atom. The van der Waals surface area contributed by atoms with Crippen LogP contribution in [-0.2, 0) is 0 Å². The lowest BCUT2D eigenvalue weighted by atomic mass is 9.97. The van der Waals surface area contributed by atoms with Gasteiger partial charge in [-0.2, -0.15) is 0 Å². The Labute approximate surface area is 153 Å². The molecule has 0 unspecified atom stereocenters. The Morgan fingerprint density at radius 1 is 1.15 bits per heavy atom. The second-order valence-electron chi connectivity index (χ2n) is 6.61. The number of aromatic nitrogens is 2. The predicted octanol–water partition coefficient (Wildman–Crippen LogP) is 3.09. The fraction of sp³-hybridized carbons (Fsp3) is 0.450. The van der Waals surface area contributed by atoms with Crippen molar-refractivity contribution in [3.05, 3.63) is 47.6 Å². The van der Waals surface area contributed by atoms with Crippen molar-refractivity contribution < 1.29 is 9.59 Å². The summed E-state index contributed by atoms with van der Waals surface area (Å²) in [6.07, 6.45) is 10.5. The van der Waals surface area contributed by atoms with Crippen molar-refractivity contribution in [1.82, 2.24) is 20.0 Å². The Bertz CT molecular complexity index is 822. The summed E-state index contributed by atoms with van der Waals surface area (Å²) < 4.78 is 1.67. The van der Waals surface area contributed by atoms with Gasteiger partial charge in [0.2, 0.25) is 5.82 Å². The molecule has 0 atom stereocenters. The van der Waals surface area contributed by atoms with Gasteiger partial charge in [0.15, 0.2) is 5.69 Å². The molecule has 0 aliphatic heterocycles. The van der Waals surface area contributed by atoms with Crippen molar-refractivity contribution in [3.8, 4) is 0 Å². The maximum absolute atomic E-state index is 12.6. The van der Waals surface area contributed by atoms with E-state index in [1.54, 1.807) is 10.6 Å². The van der Waals surface area contributed by atoms with Crippen LogP contribution in [0.25, 0.3) is 5.52 Å². The molecule has 3 rings (SSSR count). The normalized spacial score (nSPS) is 14.1. The first-order valence-electron chi connectivity index (χ1n) is 9.42. The molecule has 2 N–H and O–H groups in total. The van der Waals surface area contributed by atoms with E-state index in [0.717, 1.165) is 25.7 Å². The van der Waals surface area contributed by atoms with E-state index in [4.69, 9.17) is 0 Å². The average molecular weight is 354 g/mol. The van der Waals surface area contributed by atoms with Gasteiger partial charge in [0, 0.05) is 19.3 Å². The first-order valence-corrected chi connectivity index (χ1v) is 9.42. The van der Waals surface area contributed by atoms with E-state index in [2.05, 4.69) is 21.7 Å². The lowest BCUT2D eigenvalue weighted by Gasteiger charge is -2.12. The number of carbonyl (C=O) groups is 2. The Hall–Kier alpha value is -2.63. The number of allylic oxidation sites excluding steroid dienone is 1. The number of fused-ring (bicyclic) bond motifs is 1. The summed E-state index contributed by atoms with van der Waals surface area (Å²) in [5, 5.41) is 5.76. The zero-order valence-corrected chi connectivity index (χ0v) is 15.3. The lowest BCUT2D eigenvalue weighted by Crippen LogP contribution is -2.27. The van der Waals surface area contributed by atoms with Gasteiger partial charge in [0.25, 0.3) is 11.8 Å². The van der Waals surface area contributed by atoms with Crippen molar-refractivity contribution in [2.75, 3.05) is 13.1 Å². The number of hydrogen-bond donors (Lipinski definition) is 2. The third kappa shape index (κ3) is 4.12. The van der Waals surface area contributed by atoms with Crippen LogP contribution < -0.4 is 10.6 Å². The monoisotopic (exact) mass is 354 g/mol. The molecule has 1 aliphatic rings. The van der Waals surface area contributed by atoms with Gasteiger partial charge in [-0.3, -0.25) is 14.0 Å². The maximum atomic E-state index is 12.6. The standard InChI is InChI=1S/C20H26N4O2/c1-2-12-21-20(26)18-23-17(16-10-6-7-14-24(16)18)19(25)22-13-11-15-8-4-3-5-9-15/h6-8,10,14H,2-5,9,11-13H2,1H3,(H,21,26)(H,22,25). The van der Waals surface area contributed by atoms with E-state index >= 15 is 0 Å². The molecule has 0 radical (unpaired) electrons. The van der Waals surface area contributed by atoms with Crippen LogP contribution in [0.5, 0.6) is 0 Å². The maximum Gasteiger partial charge on any atom is 0.287 e. The second kappa shape index (κ2) is 8.65. The van der Waals surface area contributed by atoms with Gasteiger partial charge in [0.1, 0.15) is 0 Å². The zero-order valence-electron chi connectivity index (χ0n) is 15.3. The molecular formula is C20H26N4O2. The van der Waals surface area contributed by atoms with Crippen LogP contribution in [-0.4, -0.2) is 34.3 Å². The topological polar surface area (TPSA) is 75.5 Å². The fourth-order valence-electron chi connectivity index (χ4n) is 3.23. The fourth-order valence-corrected chi connectivity index (χ4v) is 3.23. The lowest BCUT2D eigenvalue weighted by molar-refractivity contribution is 0.0942. The first kappa shape index (κ1) is 18.2. The van der Waals surface area contributed by atoms with E-state index in [1.165, 1.54) is 18.4 Å². The molecule has 0 fully saturated rings. The largest absolute Gasteiger partial charge is 0.350 e. The summed E-state index contributed by atoms with van der Waals surface area (Å²) in [7, 11) is 0. The van der Waals surface area contributed by atoms with Crippen LogP contribution in [0, 0.1) is 0 Å². The van der Waals surface area contributed by atoms with Crippen LogP contribution in [0.1, 0.15) is 66.6 Å². The number of hydrogen-bond acceptors (Lipinski definition) is 3. The second-order valence-corrected chi connectivity index (χ2v) is 6.61. The molecule has 2 aromatic heterocycles. The quantitative estimate of drug-likeness (QED) is 0.750. The van der Waals surface area contributed by atoms with Gasteiger partial charge in [0.05, 0.1) is 5.52 Å². The molecule has 2 heterocycles. The average Bonchev–Trinajstić information content (AvgIpc) is 3.07. The smallest absolute Gasteiger partial charge is 0.287 e. The highest BCUT2D eigenvalue weighted by Gasteiger charge is 2.21. The van der Waals surface area contributed by atoms with Gasteiger partial charge >= 0.3 is 0 Å². The number of imidazole rings is 1. The summed E-state index contributed by atoms with van der Waals surface area (Å²) in [6.45, 7) is 3.16. The minimum Gasteiger partial charge on any atom is -0.350 e. The number of nitrogens with one attached hydrogen (secondary N) is 2. The van der Waals surface area contributed by atoms with Crippen molar-refractivity contribution in [1.29, 1.82) is 0 Å². The van der Waals surface area contributed by atoms with Crippen molar-refractivity contribution in [3.63, 3.8) is 0 Å². The summed E-state index contributed by atoms with van der Waals surface area (Å²) in [5.74, 6) is -0.256. The van der Waals surface area contributed by atoms with Crippen molar-refractivity contribution >= 4 is 17.3 Å². The van der Waals surface area contributed by atoms with Crippen LogP contribution in [0.4, 0.5) is 0 Å². The van der Waals surface area contributed by atoms with E-state index in [1.807, 2.05) is 25.1 Å². The highest BCUT2D eigenvalue weighted by Crippen LogP contribution is 2.19. The van der Waals surface area contributed by atoms with Crippen LogP contribution >= 0.6 is 0 Å². The van der Waals surface area contributed by atoms with Crippen molar-refractivity contribution in [2.45, 2.75) is 45.4 Å². The molecule has 0 bridgehead atoms. The number of amides is 2. The third-order valence-electron chi connectivity index (χ3n) is 4.62. The van der Waals surface area contributed by atoms with Gasteiger partial charge in [-0.25, -0.2) is 4.98 Å². The minimum atomic E-state index is -0.264. The van der Waals surface area contributed by atoms with Gasteiger partial charge < -0.3 is 10.6 Å². The zero-order chi connectivity index (χ0) is 18.4. The molecule has 2 amide bonds. The summed E-state index contributed by atoms with van der Waals surface area (Å²) in [4.78, 5) is 29.3. The molecule has 138 valence electrons. The van der Waals surface area contributed by atoms with E-state index in [9.17, 15) is 9.59 Å². The summed E-state index contributed by atoms with van der Waals surface area (Å²) in [6, 6.07) is 5.47. The number of nitrogens with zero attached hydrogens (tertiary/aromatic N) is 2. The predicted molar refractivity (Wildman–Crippen MR) is 101 cm³/mol. The molecule has 1 aliphatic carbocycles. The number of carbonyl (C=O) groups excluding carboxylic acids is 2. The number of pyridine rings is 1. The van der Waals surface area contributed by atoms with E-state index in [-0.39, 0.29) is 17.6 Å². The molecule has 6 nitrogen and oxygen atoms in total. The molecule has 6 heteroatoms. The Balaban J connectivity index is 1.73. The molecule has 0 aromatic carbocycles. The first-order chi connectivity index (χ1) is 12.7. The van der Waals surface area contributed by atoms with E-state index in [0.29, 0.717) is 24.3 Å². The highest BCUT2D eigenvalue weighted by molar-refractivity contribution is 6.02. The summed E-state index contributed by atoms with van der Waals surface area (Å²) >= 11 is 0. The molecule has 2 aromatic rings. The molecule has 0 spiro atoms. The summed E-state index contributed by atoms with van der Waals surface area (Å²) in [5.41, 5.74) is 2.36. The van der Waals surface area contributed by atoms with Crippen LogP contribution in [0.15, 0.2) is 36.0 Å². The van der Waals surface area contributed by atoms with Crippen molar-refractivity contribution in [2.24, 2.45) is 0 Å². The number of rotatable bonds is 7. The molecule has 26 heavy (non-hydrogen) atoms. The van der Waals surface area contributed by atoms with Crippen LogP contribution in [0.2, 0.25) is 0 Å². The molecular weight excluding hydrogens is 328 g/mol. The third-order valence-corrected chi connectivity index (χ3v) is 4.62. The van der Waals surface area contributed by atoms with Gasteiger partial charge in [-0.05, 0) is 50.7 Å². The Morgan fingerprint density at radius 2 is 2.00 bits per heavy atom. The Kier molecular flexibility index (Phi) is 6.04. The van der Waals surface area contributed by atoms with Crippen LogP contribution in [0.3, 0.4) is 0 Å².